The van der Waals surface area contributed by atoms with Gasteiger partial charge < -0.3 is 15.5 Å². The Hall–Kier alpha value is -1.63. The zero-order chi connectivity index (χ0) is 19.0. The van der Waals surface area contributed by atoms with E-state index in [2.05, 4.69) is 12.1 Å². The first-order chi connectivity index (χ1) is 13.0. The van der Waals surface area contributed by atoms with E-state index in [0.717, 1.165) is 46.2 Å². The summed E-state index contributed by atoms with van der Waals surface area (Å²) in [6, 6.07) is 8.32. The van der Waals surface area contributed by atoms with Gasteiger partial charge in [0.1, 0.15) is 0 Å². The van der Waals surface area contributed by atoms with Gasteiger partial charge in [0, 0.05) is 42.8 Å². The highest BCUT2D eigenvalue weighted by molar-refractivity contribution is 7.21. The molecule has 4 rings (SSSR count). The molecule has 2 atom stereocenters. The highest BCUT2D eigenvalue weighted by atomic mass is 35.5. The van der Waals surface area contributed by atoms with Crippen LogP contribution in [0.15, 0.2) is 24.3 Å². The van der Waals surface area contributed by atoms with Gasteiger partial charge in [-0.15, -0.1) is 23.7 Å². The lowest BCUT2D eigenvalue weighted by molar-refractivity contribution is -0.138. The summed E-state index contributed by atoms with van der Waals surface area (Å²) in [5, 5.41) is 1.16. The first-order valence-corrected chi connectivity index (χ1v) is 10.7. The van der Waals surface area contributed by atoms with E-state index < -0.39 is 0 Å². The number of rotatable bonds is 2. The molecular formula is C21H28ClN3O2S. The molecule has 1 saturated carbocycles. The van der Waals surface area contributed by atoms with Crippen molar-refractivity contribution in [2.24, 2.45) is 11.7 Å². The third-order valence-electron chi connectivity index (χ3n) is 5.98. The number of nitrogens with zero attached hydrogens (tertiary/aromatic N) is 2. The van der Waals surface area contributed by atoms with Crippen LogP contribution in [0.2, 0.25) is 0 Å². The molecule has 1 saturated heterocycles. The van der Waals surface area contributed by atoms with Crippen molar-refractivity contribution < 1.29 is 9.59 Å². The first kappa shape index (κ1) is 21.1. The van der Waals surface area contributed by atoms with E-state index in [9.17, 15) is 9.59 Å². The van der Waals surface area contributed by atoms with E-state index >= 15 is 0 Å². The van der Waals surface area contributed by atoms with Gasteiger partial charge >= 0.3 is 0 Å². The lowest BCUT2D eigenvalue weighted by Crippen LogP contribution is -2.52. The second-order valence-electron chi connectivity index (χ2n) is 7.79. The predicted molar refractivity (Wildman–Crippen MR) is 116 cm³/mol. The molecule has 2 aromatic rings. The third-order valence-corrected chi connectivity index (χ3v) is 7.24. The number of halogens is 1. The van der Waals surface area contributed by atoms with E-state index in [1.54, 1.807) is 11.3 Å². The fourth-order valence-corrected chi connectivity index (χ4v) is 5.54. The van der Waals surface area contributed by atoms with Crippen molar-refractivity contribution in [2.45, 2.75) is 38.6 Å². The van der Waals surface area contributed by atoms with Gasteiger partial charge in [0.25, 0.3) is 5.91 Å². The van der Waals surface area contributed by atoms with Crippen LogP contribution in [0.5, 0.6) is 0 Å². The maximum Gasteiger partial charge on any atom is 0.264 e. The molecule has 1 aromatic heterocycles. The summed E-state index contributed by atoms with van der Waals surface area (Å²) in [6.45, 7) is 4.49. The fourth-order valence-electron chi connectivity index (χ4n) is 4.36. The van der Waals surface area contributed by atoms with E-state index in [1.807, 2.05) is 28.9 Å². The highest BCUT2D eigenvalue weighted by Crippen LogP contribution is 2.32. The number of hydrogen-bond donors (Lipinski definition) is 1. The Morgan fingerprint density at radius 2 is 1.75 bits per heavy atom. The van der Waals surface area contributed by atoms with Crippen molar-refractivity contribution >= 4 is 45.6 Å². The average molecular weight is 422 g/mol. The summed E-state index contributed by atoms with van der Waals surface area (Å²) in [5.41, 5.74) is 7.11. The van der Waals surface area contributed by atoms with Gasteiger partial charge in [0.05, 0.1) is 4.88 Å². The van der Waals surface area contributed by atoms with Crippen LogP contribution in [0.4, 0.5) is 0 Å². The lowest BCUT2D eigenvalue weighted by Gasteiger charge is -2.37. The zero-order valence-corrected chi connectivity index (χ0v) is 17.9. The van der Waals surface area contributed by atoms with Crippen molar-refractivity contribution in [3.63, 3.8) is 0 Å². The van der Waals surface area contributed by atoms with Crippen molar-refractivity contribution in [1.82, 2.24) is 9.80 Å². The Kier molecular flexibility index (Phi) is 6.63. The fraction of sp³-hybridized carbons (Fsp3) is 0.524. The van der Waals surface area contributed by atoms with Crippen molar-refractivity contribution in [2.75, 3.05) is 26.2 Å². The molecule has 0 spiro atoms. The Bertz CT molecular complexity index is 860. The monoisotopic (exact) mass is 421 g/mol. The third kappa shape index (κ3) is 4.04. The maximum absolute atomic E-state index is 13.0. The van der Waals surface area contributed by atoms with Crippen LogP contribution in [0.3, 0.4) is 0 Å². The molecule has 2 aliphatic rings. The number of benzene rings is 1. The highest BCUT2D eigenvalue weighted by Gasteiger charge is 2.32. The quantitative estimate of drug-likeness (QED) is 0.807. The minimum absolute atomic E-state index is 0. The van der Waals surface area contributed by atoms with Crippen LogP contribution in [-0.2, 0) is 4.79 Å². The molecule has 152 valence electrons. The van der Waals surface area contributed by atoms with Crippen molar-refractivity contribution in [3.05, 3.63) is 34.7 Å². The molecule has 1 aliphatic heterocycles. The number of amides is 2. The van der Waals surface area contributed by atoms with Gasteiger partial charge in [0.2, 0.25) is 5.91 Å². The van der Waals surface area contributed by atoms with Gasteiger partial charge in [-0.05, 0) is 43.2 Å². The van der Waals surface area contributed by atoms with E-state index in [-0.39, 0.29) is 36.2 Å². The number of hydrogen-bond acceptors (Lipinski definition) is 4. The lowest BCUT2D eigenvalue weighted by atomic mass is 9.85. The summed E-state index contributed by atoms with van der Waals surface area (Å²) in [7, 11) is 0. The molecule has 7 heteroatoms. The average Bonchev–Trinajstić information content (AvgIpc) is 3.04. The Morgan fingerprint density at radius 3 is 2.43 bits per heavy atom. The number of nitrogens with two attached hydrogens (primary N) is 1. The Morgan fingerprint density at radius 1 is 1.07 bits per heavy atom. The number of thiophene rings is 1. The largest absolute Gasteiger partial charge is 0.339 e. The van der Waals surface area contributed by atoms with E-state index in [4.69, 9.17) is 5.73 Å². The number of carbonyl (C=O) groups excluding carboxylic acids is 2. The molecule has 2 amide bonds. The van der Waals surface area contributed by atoms with Gasteiger partial charge in [-0.3, -0.25) is 9.59 Å². The van der Waals surface area contributed by atoms with Crippen LogP contribution >= 0.6 is 23.7 Å². The van der Waals surface area contributed by atoms with Gasteiger partial charge in [-0.1, -0.05) is 24.6 Å². The summed E-state index contributed by atoms with van der Waals surface area (Å²) in [6.07, 6.45) is 3.83. The molecule has 5 nitrogen and oxygen atoms in total. The Balaban J connectivity index is 0.00000225. The van der Waals surface area contributed by atoms with Crippen LogP contribution in [-0.4, -0.2) is 53.8 Å². The summed E-state index contributed by atoms with van der Waals surface area (Å²) < 4.78 is 1.15. The van der Waals surface area contributed by atoms with Crippen LogP contribution in [0.1, 0.15) is 40.9 Å². The van der Waals surface area contributed by atoms with E-state index in [1.165, 1.54) is 0 Å². The van der Waals surface area contributed by atoms with Crippen molar-refractivity contribution in [1.29, 1.82) is 0 Å². The second kappa shape index (κ2) is 8.80. The number of aryl methyl sites for hydroxylation is 1. The number of fused-ring (bicyclic) bond motifs is 1. The smallest absolute Gasteiger partial charge is 0.264 e. The minimum Gasteiger partial charge on any atom is -0.339 e. The predicted octanol–water partition coefficient (Wildman–Crippen LogP) is 3.43. The Labute approximate surface area is 176 Å². The molecule has 1 aromatic carbocycles. The molecule has 2 heterocycles. The van der Waals surface area contributed by atoms with Crippen molar-refractivity contribution in [3.8, 4) is 0 Å². The molecular weight excluding hydrogens is 394 g/mol. The summed E-state index contributed by atoms with van der Waals surface area (Å²) in [4.78, 5) is 30.5. The number of piperazine rings is 1. The molecule has 1 aliphatic carbocycles. The van der Waals surface area contributed by atoms with Crippen LogP contribution in [0, 0.1) is 12.8 Å². The number of carbonyl (C=O) groups is 2. The normalized spacial score (nSPS) is 22.8. The minimum atomic E-state index is 0. The van der Waals surface area contributed by atoms with Gasteiger partial charge in [-0.2, -0.15) is 0 Å². The second-order valence-corrected chi connectivity index (χ2v) is 8.85. The molecule has 28 heavy (non-hydrogen) atoms. The molecule has 2 N–H and O–H groups in total. The summed E-state index contributed by atoms with van der Waals surface area (Å²) >= 11 is 1.57. The molecule has 2 fully saturated rings. The van der Waals surface area contributed by atoms with Gasteiger partial charge in [0.15, 0.2) is 0 Å². The van der Waals surface area contributed by atoms with E-state index in [0.29, 0.717) is 26.2 Å². The maximum atomic E-state index is 13.0. The standard InChI is InChI=1S/C21H27N3O2S.ClH/c1-14-17-7-2-3-8-18(17)27-19(14)21(26)24-11-9-23(10-12-24)20(25)15-5-4-6-16(22)13-15;/h2-3,7-8,15-16H,4-6,9-13,22H2,1H3;1H. The molecule has 0 radical (unpaired) electrons. The van der Waals surface area contributed by atoms with Gasteiger partial charge in [-0.25, -0.2) is 0 Å². The summed E-state index contributed by atoms with van der Waals surface area (Å²) in [5.74, 6) is 0.400. The molecule has 0 bridgehead atoms. The SMILES string of the molecule is Cc1c(C(=O)N2CCN(C(=O)C3CCCC(N)C3)CC2)sc2ccccc12.Cl. The van der Waals surface area contributed by atoms with Crippen LogP contribution < -0.4 is 5.73 Å². The topological polar surface area (TPSA) is 66.6 Å². The molecule has 2 unspecified atom stereocenters. The van der Waals surface area contributed by atoms with Crippen LogP contribution in [0.25, 0.3) is 10.1 Å². The zero-order valence-electron chi connectivity index (χ0n) is 16.2. The first-order valence-electron chi connectivity index (χ1n) is 9.86.